The van der Waals surface area contributed by atoms with Gasteiger partial charge in [0.1, 0.15) is 5.75 Å². The molecule has 1 amide bonds. The number of anilines is 1. The number of hydrogen-bond donors (Lipinski definition) is 2. The first-order valence-electron chi connectivity index (χ1n) is 8.03. The van der Waals surface area contributed by atoms with Crippen LogP contribution >= 0.6 is 11.6 Å². The first-order chi connectivity index (χ1) is 13.2. The number of methoxy groups -OCH3 is 2. The van der Waals surface area contributed by atoms with Crippen molar-refractivity contribution < 1.29 is 27.5 Å². The van der Waals surface area contributed by atoms with E-state index in [1.54, 1.807) is 0 Å². The molecule has 2 rings (SSSR count). The Balaban J connectivity index is 2.06. The molecule has 0 aliphatic carbocycles. The zero-order chi connectivity index (χ0) is 20.9. The number of esters is 1. The lowest BCUT2D eigenvalue weighted by atomic mass is 10.2. The van der Waals surface area contributed by atoms with Gasteiger partial charge in [-0.1, -0.05) is 11.6 Å². The molecule has 0 bridgehead atoms. The van der Waals surface area contributed by atoms with Crippen LogP contribution in [0.1, 0.15) is 17.3 Å². The lowest BCUT2D eigenvalue weighted by Gasteiger charge is -2.15. The highest BCUT2D eigenvalue weighted by atomic mass is 35.5. The number of nitrogens with one attached hydrogen (secondary N) is 2. The van der Waals surface area contributed by atoms with Crippen molar-refractivity contribution in [3.8, 4) is 5.75 Å². The van der Waals surface area contributed by atoms with Crippen molar-refractivity contribution >= 4 is 39.2 Å². The molecule has 150 valence electrons. The third-order valence-corrected chi connectivity index (χ3v) is 5.57. The lowest BCUT2D eigenvalue weighted by molar-refractivity contribution is -0.117. The molecule has 0 fully saturated rings. The zero-order valence-corrected chi connectivity index (χ0v) is 16.9. The van der Waals surface area contributed by atoms with Crippen molar-refractivity contribution in [2.24, 2.45) is 0 Å². The fraction of sp³-hybridized carbons (Fsp3) is 0.222. The second kappa shape index (κ2) is 9.05. The maximum Gasteiger partial charge on any atom is 0.337 e. The molecule has 2 aromatic carbocycles. The Labute approximate surface area is 167 Å². The van der Waals surface area contributed by atoms with E-state index < -0.39 is 27.9 Å². The molecule has 10 heteroatoms. The molecule has 1 atom stereocenters. The topological polar surface area (TPSA) is 111 Å². The smallest absolute Gasteiger partial charge is 0.337 e. The third kappa shape index (κ3) is 5.22. The first kappa shape index (κ1) is 21.7. The predicted octanol–water partition coefficient (Wildman–Crippen LogP) is 2.44. The van der Waals surface area contributed by atoms with Gasteiger partial charge >= 0.3 is 5.97 Å². The molecule has 0 aromatic heterocycles. The summed E-state index contributed by atoms with van der Waals surface area (Å²) in [4.78, 5) is 23.6. The van der Waals surface area contributed by atoms with Gasteiger partial charge in [0.25, 0.3) is 0 Å². The number of hydrogen-bond acceptors (Lipinski definition) is 6. The highest BCUT2D eigenvalue weighted by Gasteiger charge is 2.23. The number of ether oxygens (including phenoxy) is 2. The molecule has 28 heavy (non-hydrogen) atoms. The summed E-state index contributed by atoms with van der Waals surface area (Å²) in [6.07, 6.45) is 0. The second-order valence-electron chi connectivity index (χ2n) is 5.70. The van der Waals surface area contributed by atoms with Crippen LogP contribution in [-0.2, 0) is 19.6 Å². The van der Waals surface area contributed by atoms with Gasteiger partial charge in [0.2, 0.25) is 15.9 Å². The number of carbonyl (C=O) groups is 2. The average molecular weight is 427 g/mol. The summed E-state index contributed by atoms with van der Waals surface area (Å²) < 4.78 is 36.8. The number of sulfonamides is 1. The molecule has 0 aliphatic rings. The Morgan fingerprint density at radius 2 is 1.71 bits per heavy atom. The summed E-state index contributed by atoms with van der Waals surface area (Å²) in [5.74, 6) is -0.743. The first-order valence-corrected chi connectivity index (χ1v) is 9.89. The van der Waals surface area contributed by atoms with Crippen molar-refractivity contribution in [3.05, 3.63) is 53.1 Å². The largest absolute Gasteiger partial charge is 0.495 e. The summed E-state index contributed by atoms with van der Waals surface area (Å²) >= 11 is 5.96. The molecular formula is C18H19ClN2O6S. The minimum atomic E-state index is -3.98. The minimum Gasteiger partial charge on any atom is -0.495 e. The van der Waals surface area contributed by atoms with Crippen LogP contribution in [0, 0.1) is 0 Å². The average Bonchev–Trinajstić information content (AvgIpc) is 2.67. The number of amides is 1. The van der Waals surface area contributed by atoms with E-state index in [0.717, 1.165) is 0 Å². The summed E-state index contributed by atoms with van der Waals surface area (Å²) in [6.45, 7) is 1.40. The maximum atomic E-state index is 12.5. The number of benzene rings is 2. The highest BCUT2D eigenvalue weighted by molar-refractivity contribution is 7.89. The third-order valence-electron chi connectivity index (χ3n) is 3.73. The summed E-state index contributed by atoms with van der Waals surface area (Å²) in [7, 11) is -1.30. The molecule has 0 radical (unpaired) electrons. The summed E-state index contributed by atoms with van der Waals surface area (Å²) in [5.41, 5.74) is 0.724. The Morgan fingerprint density at radius 3 is 2.25 bits per heavy atom. The Morgan fingerprint density at radius 1 is 1.07 bits per heavy atom. The molecule has 0 aliphatic heterocycles. The number of carbonyl (C=O) groups excluding carboxylic acids is 2. The molecule has 0 heterocycles. The van der Waals surface area contributed by atoms with Crippen molar-refractivity contribution in [3.63, 3.8) is 0 Å². The van der Waals surface area contributed by atoms with E-state index in [1.807, 2.05) is 0 Å². The van der Waals surface area contributed by atoms with Gasteiger partial charge in [-0.05, 0) is 49.4 Å². The van der Waals surface area contributed by atoms with E-state index in [-0.39, 0.29) is 9.92 Å². The molecule has 0 saturated carbocycles. The van der Waals surface area contributed by atoms with E-state index in [9.17, 15) is 18.0 Å². The van der Waals surface area contributed by atoms with Crippen LogP contribution in [0.3, 0.4) is 0 Å². The highest BCUT2D eigenvalue weighted by Crippen LogP contribution is 2.27. The van der Waals surface area contributed by atoms with Gasteiger partial charge < -0.3 is 14.8 Å². The van der Waals surface area contributed by atoms with Gasteiger partial charge in [-0.3, -0.25) is 4.79 Å². The molecule has 0 unspecified atom stereocenters. The van der Waals surface area contributed by atoms with Gasteiger partial charge in [-0.2, -0.15) is 4.72 Å². The Hall–Kier alpha value is -2.62. The fourth-order valence-electron chi connectivity index (χ4n) is 2.23. The zero-order valence-electron chi connectivity index (χ0n) is 15.4. The monoisotopic (exact) mass is 426 g/mol. The molecule has 2 aromatic rings. The normalized spacial score (nSPS) is 12.1. The predicted molar refractivity (Wildman–Crippen MR) is 104 cm³/mol. The Kier molecular flexibility index (Phi) is 7.00. The van der Waals surface area contributed by atoms with Gasteiger partial charge in [-0.15, -0.1) is 0 Å². The summed E-state index contributed by atoms with van der Waals surface area (Å²) in [6, 6.07) is 8.90. The van der Waals surface area contributed by atoms with E-state index in [0.29, 0.717) is 17.0 Å². The van der Waals surface area contributed by atoms with Crippen LogP contribution in [0.25, 0.3) is 0 Å². The number of rotatable bonds is 7. The second-order valence-corrected chi connectivity index (χ2v) is 7.82. The van der Waals surface area contributed by atoms with Crippen LogP contribution in [0.2, 0.25) is 5.02 Å². The molecule has 0 spiro atoms. The van der Waals surface area contributed by atoms with E-state index in [1.165, 1.54) is 63.6 Å². The molecule has 2 N–H and O–H groups in total. The van der Waals surface area contributed by atoms with Crippen LogP contribution in [0.4, 0.5) is 5.69 Å². The van der Waals surface area contributed by atoms with Gasteiger partial charge in [0, 0.05) is 5.69 Å². The van der Waals surface area contributed by atoms with Crippen LogP contribution < -0.4 is 14.8 Å². The van der Waals surface area contributed by atoms with Gasteiger partial charge in [0.05, 0.1) is 35.7 Å². The lowest BCUT2D eigenvalue weighted by Crippen LogP contribution is -2.41. The molecule has 8 nitrogen and oxygen atoms in total. The molecular weight excluding hydrogens is 408 g/mol. The van der Waals surface area contributed by atoms with Crippen molar-refractivity contribution in [2.45, 2.75) is 17.9 Å². The van der Waals surface area contributed by atoms with Crippen LogP contribution in [0.5, 0.6) is 5.75 Å². The SMILES string of the molecule is COC(=O)c1ccc(NC(=O)[C@@H](C)NS(=O)(=O)c2ccc(OC)c(Cl)c2)cc1. The minimum absolute atomic E-state index is 0.0969. The number of halogens is 1. The van der Waals surface area contributed by atoms with Crippen molar-refractivity contribution in [1.82, 2.24) is 4.72 Å². The quantitative estimate of drug-likeness (QED) is 0.658. The van der Waals surface area contributed by atoms with Crippen LogP contribution in [0.15, 0.2) is 47.4 Å². The van der Waals surface area contributed by atoms with Crippen molar-refractivity contribution in [1.29, 1.82) is 0 Å². The van der Waals surface area contributed by atoms with E-state index in [2.05, 4.69) is 14.8 Å². The van der Waals surface area contributed by atoms with E-state index >= 15 is 0 Å². The van der Waals surface area contributed by atoms with Gasteiger partial charge in [-0.25, -0.2) is 13.2 Å². The molecule has 0 saturated heterocycles. The van der Waals surface area contributed by atoms with Crippen molar-refractivity contribution in [2.75, 3.05) is 19.5 Å². The summed E-state index contributed by atoms with van der Waals surface area (Å²) in [5, 5.41) is 2.70. The maximum absolute atomic E-state index is 12.5. The van der Waals surface area contributed by atoms with E-state index in [4.69, 9.17) is 16.3 Å². The Bertz CT molecular complexity index is 976. The standard InChI is InChI=1S/C18H19ClN2O6S/c1-11(17(22)20-13-6-4-12(5-7-13)18(23)27-3)21-28(24,25)14-8-9-16(26-2)15(19)10-14/h4-11,21H,1-3H3,(H,20,22)/t11-/m1/s1. The van der Waals surface area contributed by atoms with Gasteiger partial charge in [0.15, 0.2) is 0 Å². The fourth-order valence-corrected chi connectivity index (χ4v) is 3.78. The van der Waals surface area contributed by atoms with Crippen LogP contribution in [-0.4, -0.2) is 40.6 Å².